The normalized spacial score (nSPS) is 15.3. The Bertz CT molecular complexity index is 1020. The molecule has 1 heterocycles. The number of likely N-dealkylation sites (N-methyl/N-ethyl adjacent to an activating group) is 1. The molecule has 0 radical (unpaired) electrons. The molecular formula is C20H16FN3O4S. The molecule has 1 aliphatic heterocycles. The molecular weight excluding hydrogens is 397 g/mol. The quantitative estimate of drug-likeness (QED) is 0.445. The first kappa shape index (κ1) is 20.2. The Morgan fingerprint density at radius 3 is 2.62 bits per heavy atom. The number of hydrogen-bond acceptors (Lipinski definition) is 5. The fraction of sp³-hybridized carbons (Fsp3) is 0.100. The molecule has 0 aromatic heterocycles. The Morgan fingerprint density at radius 2 is 1.90 bits per heavy atom. The lowest BCUT2D eigenvalue weighted by atomic mass is 10.1. The number of amides is 3. The molecule has 2 N–H and O–H groups in total. The lowest BCUT2D eigenvalue weighted by Crippen LogP contribution is -2.52. The third-order valence-corrected chi connectivity index (χ3v) is 4.39. The summed E-state index contributed by atoms with van der Waals surface area (Å²) in [5, 5.41) is 5.04. The summed E-state index contributed by atoms with van der Waals surface area (Å²) in [6.45, 7) is -0.318. The maximum Gasteiger partial charge on any atom is 0.265 e. The number of thiocarbonyl (C=S) groups is 1. The molecule has 9 heteroatoms. The molecule has 29 heavy (non-hydrogen) atoms. The fourth-order valence-electron chi connectivity index (χ4n) is 2.51. The molecule has 0 bridgehead atoms. The second kappa shape index (κ2) is 8.61. The Balaban J connectivity index is 1.73. The SMILES string of the molecule is CN1C(=O)C(=Cc2ccccc2OCC(=O)Nc2ccc(F)cc2)C(=O)NC1=S. The minimum Gasteiger partial charge on any atom is -0.483 e. The number of halogens is 1. The van der Waals surface area contributed by atoms with E-state index in [2.05, 4.69) is 10.6 Å². The molecule has 2 aromatic carbocycles. The van der Waals surface area contributed by atoms with Gasteiger partial charge >= 0.3 is 0 Å². The van der Waals surface area contributed by atoms with E-state index in [9.17, 15) is 18.8 Å². The molecule has 1 saturated heterocycles. The van der Waals surface area contributed by atoms with E-state index < -0.39 is 23.5 Å². The molecule has 2 aromatic rings. The zero-order chi connectivity index (χ0) is 21.0. The van der Waals surface area contributed by atoms with Crippen LogP contribution < -0.4 is 15.4 Å². The fourth-order valence-corrected chi connectivity index (χ4v) is 2.68. The molecule has 0 spiro atoms. The van der Waals surface area contributed by atoms with E-state index in [-0.39, 0.29) is 17.3 Å². The highest BCUT2D eigenvalue weighted by Crippen LogP contribution is 2.23. The van der Waals surface area contributed by atoms with Crippen LogP contribution >= 0.6 is 12.2 Å². The van der Waals surface area contributed by atoms with Crippen molar-refractivity contribution in [3.05, 3.63) is 65.5 Å². The second-order valence-electron chi connectivity index (χ2n) is 6.06. The lowest BCUT2D eigenvalue weighted by molar-refractivity contribution is -0.128. The first-order valence-corrected chi connectivity index (χ1v) is 8.88. The van der Waals surface area contributed by atoms with Crippen LogP contribution in [0.1, 0.15) is 5.56 Å². The van der Waals surface area contributed by atoms with Gasteiger partial charge in [0.25, 0.3) is 17.7 Å². The van der Waals surface area contributed by atoms with Crippen molar-refractivity contribution < 1.29 is 23.5 Å². The third kappa shape index (κ3) is 4.82. The smallest absolute Gasteiger partial charge is 0.265 e. The number of nitrogens with one attached hydrogen (secondary N) is 2. The van der Waals surface area contributed by atoms with Gasteiger partial charge in [0.05, 0.1) is 0 Å². The number of rotatable bonds is 5. The first-order valence-electron chi connectivity index (χ1n) is 8.47. The van der Waals surface area contributed by atoms with Gasteiger partial charge in [0.2, 0.25) is 0 Å². The van der Waals surface area contributed by atoms with Crippen molar-refractivity contribution in [2.45, 2.75) is 0 Å². The predicted molar refractivity (Wildman–Crippen MR) is 108 cm³/mol. The van der Waals surface area contributed by atoms with Crippen LogP contribution in [0.4, 0.5) is 10.1 Å². The van der Waals surface area contributed by atoms with Gasteiger partial charge in [-0.1, -0.05) is 18.2 Å². The summed E-state index contributed by atoms with van der Waals surface area (Å²) in [6.07, 6.45) is 1.38. The molecule has 0 atom stereocenters. The maximum atomic E-state index is 12.9. The molecule has 7 nitrogen and oxygen atoms in total. The Labute approximate surface area is 171 Å². The van der Waals surface area contributed by atoms with Crippen molar-refractivity contribution >= 4 is 46.8 Å². The van der Waals surface area contributed by atoms with E-state index in [4.69, 9.17) is 17.0 Å². The van der Waals surface area contributed by atoms with Crippen LogP contribution in [0.15, 0.2) is 54.1 Å². The van der Waals surface area contributed by atoms with Gasteiger partial charge in [-0.25, -0.2) is 4.39 Å². The minimum atomic E-state index is -0.609. The third-order valence-electron chi connectivity index (χ3n) is 4.01. The van der Waals surface area contributed by atoms with E-state index in [0.29, 0.717) is 17.0 Å². The average Bonchev–Trinajstić information content (AvgIpc) is 2.70. The molecule has 0 unspecified atom stereocenters. The summed E-state index contributed by atoms with van der Waals surface area (Å²) in [4.78, 5) is 37.7. The number of nitrogens with zero attached hydrogens (tertiary/aromatic N) is 1. The average molecular weight is 413 g/mol. The van der Waals surface area contributed by atoms with Crippen LogP contribution in [0.25, 0.3) is 6.08 Å². The Hall–Kier alpha value is -3.59. The van der Waals surface area contributed by atoms with Crippen molar-refractivity contribution in [3.8, 4) is 5.75 Å². The molecule has 148 valence electrons. The van der Waals surface area contributed by atoms with Gasteiger partial charge in [-0.05, 0) is 48.6 Å². The zero-order valence-corrected chi connectivity index (χ0v) is 16.1. The molecule has 3 amide bonds. The van der Waals surface area contributed by atoms with Gasteiger partial charge in [-0.2, -0.15) is 0 Å². The highest BCUT2D eigenvalue weighted by Gasteiger charge is 2.31. The van der Waals surface area contributed by atoms with Crippen molar-refractivity contribution in [1.29, 1.82) is 0 Å². The van der Waals surface area contributed by atoms with Gasteiger partial charge < -0.3 is 10.1 Å². The number of hydrogen-bond donors (Lipinski definition) is 2. The second-order valence-corrected chi connectivity index (χ2v) is 6.45. The molecule has 0 aliphatic carbocycles. The van der Waals surface area contributed by atoms with Gasteiger partial charge in [0.1, 0.15) is 17.1 Å². The van der Waals surface area contributed by atoms with Crippen LogP contribution in [-0.4, -0.2) is 41.4 Å². The Kier molecular flexibility index (Phi) is 5.99. The summed E-state index contributed by atoms with van der Waals surface area (Å²) in [5.41, 5.74) is 0.772. The van der Waals surface area contributed by atoms with Gasteiger partial charge in [0, 0.05) is 18.3 Å². The van der Waals surface area contributed by atoms with Gasteiger partial charge in [-0.3, -0.25) is 24.6 Å². The largest absolute Gasteiger partial charge is 0.483 e. The van der Waals surface area contributed by atoms with Gasteiger partial charge in [0.15, 0.2) is 11.7 Å². The maximum absolute atomic E-state index is 12.9. The minimum absolute atomic E-state index is 0.0270. The number of anilines is 1. The topological polar surface area (TPSA) is 87.7 Å². The summed E-state index contributed by atoms with van der Waals surface area (Å²) in [5.74, 6) is -1.69. The summed E-state index contributed by atoms with van der Waals surface area (Å²) < 4.78 is 18.5. The van der Waals surface area contributed by atoms with Crippen LogP contribution in [0, 0.1) is 5.82 Å². The summed E-state index contributed by atoms with van der Waals surface area (Å²) >= 11 is 4.91. The predicted octanol–water partition coefficient (Wildman–Crippen LogP) is 2.10. The van der Waals surface area contributed by atoms with Crippen molar-refractivity contribution in [2.24, 2.45) is 0 Å². The van der Waals surface area contributed by atoms with E-state index >= 15 is 0 Å². The van der Waals surface area contributed by atoms with E-state index in [1.807, 2.05) is 0 Å². The standard InChI is InChI=1S/C20H16FN3O4S/c1-24-19(27)15(18(26)23-20(24)29)10-12-4-2-3-5-16(12)28-11-17(25)22-14-8-6-13(21)7-9-14/h2-10H,11H2,1H3,(H,22,25)(H,23,26,29). The number of ether oxygens (including phenoxy) is 1. The van der Waals surface area contributed by atoms with Gasteiger partial charge in [-0.15, -0.1) is 0 Å². The van der Waals surface area contributed by atoms with Crippen molar-refractivity contribution in [1.82, 2.24) is 10.2 Å². The zero-order valence-electron chi connectivity index (χ0n) is 15.3. The highest BCUT2D eigenvalue weighted by atomic mass is 32.1. The van der Waals surface area contributed by atoms with E-state index in [0.717, 1.165) is 4.90 Å². The first-order chi connectivity index (χ1) is 13.8. The van der Waals surface area contributed by atoms with E-state index in [1.165, 1.54) is 37.4 Å². The Morgan fingerprint density at radius 1 is 1.21 bits per heavy atom. The highest BCUT2D eigenvalue weighted by molar-refractivity contribution is 7.80. The van der Waals surface area contributed by atoms with Crippen LogP contribution in [0.5, 0.6) is 5.75 Å². The van der Waals surface area contributed by atoms with Crippen LogP contribution in [-0.2, 0) is 14.4 Å². The van der Waals surface area contributed by atoms with Crippen LogP contribution in [0.2, 0.25) is 0 Å². The molecule has 0 saturated carbocycles. The lowest BCUT2D eigenvalue weighted by Gasteiger charge is -2.25. The summed E-state index contributed by atoms with van der Waals surface area (Å²) in [6, 6.07) is 12.0. The number of carbonyl (C=O) groups is 3. The molecule has 1 fully saturated rings. The number of para-hydroxylation sites is 1. The van der Waals surface area contributed by atoms with Crippen molar-refractivity contribution in [2.75, 3.05) is 19.0 Å². The molecule has 1 aliphatic rings. The van der Waals surface area contributed by atoms with E-state index in [1.54, 1.807) is 24.3 Å². The summed E-state index contributed by atoms with van der Waals surface area (Å²) in [7, 11) is 1.46. The monoisotopic (exact) mass is 413 g/mol. The number of benzene rings is 2. The molecule has 3 rings (SSSR count). The van der Waals surface area contributed by atoms with Crippen molar-refractivity contribution in [3.63, 3.8) is 0 Å². The number of carbonyl (C=O) groups excluding carboxylic acids is 3. The van der Waals surface area contributed by atoms with Crippen LogP contribution in [0.3, 0.4) is 0 Å².